The van der Waals surface area contributed by atoms with Crippen LogP contribution < -0.4 is 14.4 Å². The van der Waals surface area contributed by atoms with E-state index in [0.717, 1.165) is 15.4 Å². The number of rotatable bonds is 13. The number of benzene rings is 4. The highest BCUT2D eigenvalue weighted by molar-refractivity contribution is 7.92. The molecule has 0 aliphatic heterocycles. The summed E-state index contributed by atoms with van der Waals surface area (Å²) in [6.07, 6.45) is 0.204. The Morgan fingerprint density at radius 3 is 2.13 bits per heavy atom. The van der Waals surface area contributed by atoms with Crippen molar-refractivity contribution in [2.24, 2.45) is 0 Å². The van der Waals surface area contributed by atoms with Crippen LogP contribution in [-0.4, -0.2) is 51.4 Å². The monoisotopic (exact) mass is 667 g/mol. The molecule has 45 heavy (non-hydrogen) atoms. The number of nitrogens with one attached hydrogen (secondary N) is 1. The summed E-state index contributed by atoms with van der Waals surface area (Å²) in [7, 11) is -2.74. The smallest absolute Gasteiger partial charge is 0.264 e. The predicted octanol–water partition coefficient (Wildman–Crippen LogP) is 6.28. The quantitative estimate of drug-likeness (QED) is 0.181. The summed E-state index contributed by atoms with van der Waals surface area (Å²) < 4.78 is 34.5. The second kappa shape index (κ2) is 15.3. The molecule has 4 aromatic rings. The van der Waals surface area contributed by atoms with Gasteiger partial charge in [-0.1, -0.05) is 77.3 Å². The molecule has 0 aliphatic rings. The first-order chi connectivity index (χ1) is 21.5. The molecule has 0 aromatic heterocycles. The van der Waals surface area contributed by atoms with Crippen molar-refractivity contribution < 1.29 is 22.7 Å². The lowest BCUT2D eigenvalue weighted by atomic mass is 10.0. The average Bonchev–Trinajstić information content (AvgIpc) is 3.04. The number of carbonyl (C=O) groups is 2. The molecule has 0 heterocycles. The van der Waals surface area contributed by atoms with E-state index >= 15 is 0 Å². The lowest BCUT2D eigenvalue weighted by Gasteiger charge is -2.34. The van der Waals surface area contributed by atoms with E-state index in [9.17, 15) is 18.0 Å². The van der Waals surface area contributed by atoms with Crippen LogP contribution in [-0.2, 0) is 32.6 Å². The first-order valence-corrected chi connectivity index (χ1v) is 16.5. The van der Waals surface area contributed by atoms with Crippen LogP contribution >= 0.6 is 23.2 Å². The molecule has 236 valence electrons. The molecule has 0 bridgehead atoms. The molecule has 0 unspecified atom stereocenters. The zero-order chi connectivity index (χ0) is 32.6. The summed E-state index contributed by atoms with van der Waals surface area (Å²) in [5, 5.41) is 3.48. The molecular weight excluding hydrogens is 633 g/mol. The van der Waals surface area contributed by atoms with Gasteiger partial charge in [-0.3, -0.25) is 13.9 Å². The van der Waals surface area contributed by atoms with Gasteiger partial charge in [0.25, 0.3) is 10.0 Å². The van der Waals surface area contributed by atoms with E-state index in [2.05, 4.69) is 5.32 Å². The fourth-order valence-corrected chi connectivity index (χ4v) is 6.53. The molecule has 4 rings (SSSR count). The summed E-state index contributed by atoms with van der Waals surface area (Å²) >= 11 is 12.5. The second-order valence-corrected chi connectivity index (χ2v) is 13.1. The summed E-state index contributed by atoms with van der Waals surface area (Å²) in [4.78, 5) is 29.4. The minimum Gasteiger partial charge on any atom is -0.497 e. The first kappa shape index (κ1) is 33.8. The number of aryl methyl sites for hydroxylation is 1. The maximum absolute atomic E-state index is 14.4. The van der Waals surface area contributed by atoms with Crippen LogP contribution in [0.3, 0.4) is 0 Å². The molecule has 0 fully saturated rings. The van der Waals surface area contributed by atoms with Gasteiger partial charge in [-0.05, 0) is 73.5 Å². The van der Waals surface area contributed by atoms with Gasteiger partial charge in [-0.25, -0.2) is 8.42 Å². The van der Waals surface area contributed by atoms with Gasteiger partial charge in [-0.15, -0.1) is 0 Å². The average molecular weight is 669 g/mol. The fraction of sp³-hybridized carbons (Fsp3) is 0.235. The number of nitrogens with zero attached hydrogens (tertiary/aromatic N) is 2. The van der Waals surface area contributed by atoms with Gasteiger partial charge in [0.1, 0.15) is 18.3 Å². The highest BCUT2D eigenvalue weighted by atomic mass is 35.5. The van der Waals surface area contributed by atoms with Crippen LogP contribution in [0, 0.1) is 6.92 Å². The molecule has 11 heteroatoms. The minimum absolute atomic E-state index is 0.0164. The van der Waals surface area contributed by atoms with Crippen LogP contribution in [0.4, 0.5) is 5.69 Å². The lowest BCUT2D eigenvalue weighted by molar-refractivity contribution is -0.140. The van der Waals surface area contributed by atoms with Crippen molar-refractivity contribution in [1.82, 2.24) is 10.2 Å². The van der Waals surface area contributed by atoms with Crippen molar-refractivity contribution in [3.8, 4) is 5.75 Å². The number of hydrogen-bond acceptors (Lipinski definition) is 5. The maximum Gasteiger partial charge on any atom is 0.264 e. The fourth-order valence-electron chi connectivity index (χ4n) is 4.80. The highest BCUT2D eigenvalue weighted by Gasteiger charge is 2.34. The van der Waals surface area contributed by atoms with Crippen LogP contribution in [0.15, 0.2) is 102 Å². The van der Waals surface area contributed by atoms with E-state index in [4.69, 9.17) is 27.9 Å². The van der Waals surface area contributed by atoms with E-state index in [1.807, 2.05) is 37.3 Å². The van der Waals surface area contributed by atoms with Gasteiger partial charge in [0.2, 0.25) is 11.8 Å². The molecule has 0 aliphatic carbocycles. The Kier molecular flexibility index (Phi) is 11.5. The number of anilines is 1. The van der Waals surface area contributed by atoms with Crippen molar-refractivity contribution >= 4 is 50.7 Å². The van der Waals surface area contributed by atoms with Crippen LogP contribution in [0.25, 0.3) is 0 Å². The number of amides is 2. The third kappa shape index (κ3) is 8.57. The van der Waals surface area contributed by atoms with E-state index < -0.39 is 28.5 Å². The van der Waals surface area contributed by atoms with Gasteiger partial charge >= 0.3 is 0 Å². The topological polar surface area (TPSA) is 96.0 Å². The van der Waals surface area contributed by atoms with Gasteiger partial charge in [-0.2, -0.15) is 0 Å². The molecule has 8 nitrogen and oxygen atoms in total. The van der Waals surface area contributed by atoms with E-state index in [1.165, 1.54) is 24.1 Å². The molecule has 0 saturated heterocycles. The van der Waals surface area contributed by atoms with Crippen molar-refractivity contribution in [3.63, 3.8) is 0 Å². The van der Waals surface area contributed by atoms with Gasteiger partial charge < -0.3 is 15.0 Å². The number of ether oxygens (including phenoxy) is 1. The molecular formula is C34H35Cl2N3O5S. The van der Waals surface area contributed by atoms with Crippen LogP contribution in [0.5, 0.6) is 5.75 Å². The van der Waals surface area contributed by atoms with Crippen molar-refractivity contribution in [2.75, 3.05) is 24.5 Å². The minimum atomic E-state index is -4.23. The van der Waals surface area contributed by atoms with Crippen LogP contribution in [0.1, 0.15) is 23.6 Å². The van der Waals surface area contributed by atoms with Crippen LogP contribution in [0.2, 0.25) is 10.0 Å². The van der Waals surface area contributed by atoms with E-state index in [-0.39, 0.29) is 23.8 Å². The van der Waals surface area contributed by atoms with Gasteiger partial charge in [0, 0.05) is 19.5 Å². The van der Waals surface area contributed by atoms with Gasteiger partial charge in [0.05, 0.1) is 27.7 Å². The summed E-state index contributed by atoms with van der Waals surface area (Å²) in [6.45, 7) is 3.44. The largest absolute Gasteiger partial charge is 0.497 e. The molecule has 0 radical (unpaired) electrons. The molecule has 1 N–H and O–H groups in total. The Bertz CT molecular complexity index is 1720. The third-order valence-corrected chi connectivity index (χ3v) is 9.73. The first-order valence-electron chi connectivity index (χ1n) is 14.3. The third-order valence-electron chi connectivity index (χ3n) is 7.21. The molecule has 4 aromatic carbocycles. The van der Waals surface area contributed by atoms with E-state index in [0.29, 0.717) is 33.6 Å². The maximum atomic E-state index is 14.4. The Hall–Kier alpha value is -4.05. The Balaban J connectivity index is 1.80. The number of hydrogen-bond donors (Lipinski definition) is 1. The Labute approximate surface area is 274 Å². The van der Waals surface area contributed by atoms with Gasteiger partial charge in [0.15, 0.2) is 0 Å². The lowest BCUT2D eigenvalue weighted by Crippen LogP contribution is -2.53. The number of sulfonamides is 1. The SMILES string of the molecule is CCNC(=O)[C@H](Cc1ccccc1)N(Cc1ccc(Cl)c(Cl)c1)C(=O)CN(c1ccc(C)cc1)S(=O)(=O)c1ccc(OC)cc1. The number of likely N-dealkylation sites (N-methyl/N-ethyl adjacent to an activating group) is 1. The molecule has 2 amide bonds. The molecule has 0 saturated carbocycles. The number of halogens is 2. The summed E-state index contributed by atoms with van der Waals surface area (Å²) in [5.74, 6) is -0.453. The van der Waals surface area contributed by atoms with Crippen molar-refractivity contribution in [3.05, 3.63) is 124 Å². The summed E-state index contributed by atoms with van der Waals surface area (Å²) in [5.41, 5.74) is 2.69. The summed E-state index contributed by atoms with van der Waals surface area (Å²) in [6, 6.07) is 26.1. The highest BCUT2D eigenvalue weighted by Crippen LogP contribution is 2.28. The van der Waals surface area contributed by atoms with Crippen molar-refractivity contribution in [1.29, 1.82) is 0 Å². The predicted molar refractivity (Wildman–Crippen MR) is 178 cm³/mol. The standard InChI is InChI=1S/C34H35Cl2N3O5S/c1-4-37-34(41)32(21-25-8-6-5-7-9-25)38(22-26-12-19-30(35)31(36)20-26)33(40)23-39(27-13-10-24(2)11-14-27)45(42,43)29-17-15-28(44-3)16-18-29/h5-20,32H,4,21-23H2,1-3H3,(H,37,41)/t32-/m0/s1. The number of carbonyl (C=O) groups excluding carboxylic acids is 2. The Morgan fingerprint density at radius 1 is 0.867 bits per heavy atom. The zero-order valence-corrected chi connectivity index (χ0v) is 27.6. The number of methoxy groups -OCH3 is 1. The van der Waals surface area contributed by atoms with Crippen molar-refractivity contribution in [2.45, 2.75) is 37.8 Å². The Morgan fingerprint density at radius 2 is 1.53 bits per heavy atom. The normalized spacial score (nSPS) is 11.8. The zero-order valence-electron chi connectivity index (χ0n) is 25.2. The van der Waals surface area contributed by atoms with E-state index in [1.54, 1.807) is 61.5 Å². The second-order valence-electron chi connectivity index (χ2n) is 10.4. The molecule has 0 spiro atoms. The molecule has 1 atom stereocenters.